The van der Waals surface area contributed by atoms with Crippen LogP contribution in [-0.4, -0.2) is 70.5 Å². The van der Waals surface area contributed by atoms with Gasteiger partial charge in [0.1, 0.15) is 0 Å². The lowest BCUT2D eigenvalue weighted by molar-refractivity contribution is 0.0203. The number of guanidine groups is 1. The predicted octanol–water partition coefficient (Wildman–Crippen LogP) is 2.88. The van der Waals surface area contributed by atoms with Gasteiger partial charge in [-0.2, -0.15) is 0 Å². The third-order valence-corrected chi connectivity index (χ3v) is 6.57. The highest BCUT2D eigenvalue weighted by molar-refractivity contribution is 7.10. The van der Waals surface area contributed by atoms with E-state index in [0.29, 0.717) is 12.0 Å². The van der Waals surface area contributed by atoms with Gasteiger partial charge in [0.15, 0.2) is 5.96 Å². The van der Waals surface area contributed by atoms with E-state index in [1.165, 1.54) is 30.8 Å². The maximum Gasteiger partial charge on any atom is 0.191 e. The maximum atomic E-state index is 5.84. The van der Waals surface area contributed by atoms with Crippen molar-refractivity contribution in [3.8, 4) is 0 Å². The largest absolute Gasteiger partial charge is 0.381 e. The van der Waals surface area contributed by atoms with Gasteiger partial charge in [0.2, 0.25) is 0 Å². The molecule has 2 saturated heterocycles. The minimum atomic E-state index is 0.434. The zero-order valence-corrected chi connectivity index (χ0v) is 18.0. The second kappa shape index (κ2) is 12.4. The Morgan fingerprint density at radius 3 is 2.86 bits per heavy atom. The van der Waals surface area contributed by atoms with E-state index in [1.54, 1.807) is 0 Å². The molecule has 3 heterocycles. The van der Waals surface area contributed by atoms with Crippen LogP contribution in [0.15, 0.2) is 22.5 Å². The molecule has 1 atom stereocenters. The average Bonchev–Trinajstić information content (AvgIpc) is 3.45. The molecule has 1 unspecified atom stereocenters. The van der Waals surface area contributed by atoms with E-state index in [9.17, 15) is 0 Å². The summed E-state index contributed by atoms with van der Waals surface area (Å²) in [5.74, 6) is 1.56. The molecule has 158 valence electrons. The van der Waals surface area contributed by atoms with Crippen LogP contribution in [0.1, 0.15) is 43.0 Å². The maximum absolute atomic E-state index is 5.84. The molecule has 28 heavy (non-hydrogen) atoms. The summed E-state index contributed by atoms with van der Waals surface area (Å²) in [4.78, 5) is 8.41. The van der Waals surface area contributed by atoms with Crippen LogP contribution in [0.3, 0.4) is 0 Å². The summed E-state index contributed by atoms with van der Waals surface area (Å²) in [6, 6.07) is 4.83. The van der Waals surface area contributed by atoms with Crippen molar-refractivity contribution < 1.29 is 9.47 Å². The fourth-order valence-corrected chi connectivity index (χ4v) is 4.76. The topological polar surface area (TPSA) is 58.1 Å². The zero-order valence-electron chi connectivity index (χ0n) is 17.2. The molecule has 0 saturated carbocycles. The number of hydrogen-bond acceptors (Lipinski definition) is 5. The van der Waals surface area contributed by atoms with Gasteiger partial charge in [0.25, 0.3) is 0 Å². The van der Waals surface area contributed by atoms with Crippen molar-refractivity contribution >= 4 is 17.3 Å². The lowest BCUT2D eigenvalue weighted by atomic mass is 10.0. The van der Waals surface area contributed by atoms with Gasteiger partial charge in [-0.25, -0.2) is 0 Å². The van der Waals surface area contributed by atoms with Gasteiger partial charge in [-0.3, -0.25) is 9.89 Å². The van der Waals surface area contributed by atoms with Crippen LogP contribution in [-0.2, 0) is 9.47 Å². The zero-order chi connectivity index (χ0) is 19.4. The summed E-state index contributed by atoms with van der Waals surface area (Å²) in [6.45, 7) is 7.60. The highest BCUT2D eigenvalue weighted by Crippen LogP contribution is 2.27. The molecule has 2 aliphatic rings. The third-order valence-electron chi connectivity index (χ3n) is 5.59. The lowest BCUT2D eigenvalue weighted by Gasteiger charge is -2.27. The minimum Gasteiger partial charge on any atom is -0.381 e. The molecule has 1 aromatic rings. The molecular formula is C21H36N4O2S. The van der Waals surface area contributed by atoms with Crippen LogP contribution >= 0.6 is 11.3 Å². The van der Waals surface area contributed by atoms with Gasteiger partial charge in [-0.15, -0.1) is 11.3 Å². The second-order valence-electron chi connectivity index (χ2n) is 7.64. The number of likely N-dealkylation sites (tertiary alicyclic amines) is 1. The summed E-state index contributed by atoms with van der Waals surface area (Å²) < 4.78 is 11.2. The number of rotatable bonds is 10. The quantitative estimate of drug-likeness (QED) is 0.354. The first kappa shape index (κ1) is 21.6. The Balaban J connectivity index is 1.32. The normalized spacial score (nSPS) is 20.4. The molecular weight excluding hydrogens is 372 g/mol. The van der Waals surface area contributed by atoms with Crippen molar-refractivity contribution in [3.05, 3.63) is 22.4 Å². The minimum absolute atomic E-state index is 0.434. The first-order valence-corrected chi connectivity index (χ1v) is 11.6. The van der Waals surface area contributed by atoms with Crippen LogP contribution in [0.25, 0.3) is 0 Å². The molecule has 6 nitrogen and oxygen atoms in total. The second-order valence-corrected chi connectivity index (χ2v) is 8.62. The smallest absolute Gasteiger partial charge is 0.191 e. The Labute approximate surface area is 173 Å². The highest BCUT2D eigenvalue weighted by atomic mass is 32.1. The average molecular weight is 409 g/mol. The van der Waals surface area contributed by atoms with Crippen LogP contribution in [0.4, 0.5) is 0 Å². The van der Waals surface area contributed by atoms with Crippen LogP contribution < -0.4 is 10.6 Å². The van der Waals surface area contributed by atoms with E-state index in [2.05, 4.69) is 38.0 Å². The summed E-state index contributed by atoms with van der Waals surface area (Å²) in [6.07, 6.45) is 5.88. The predicted molar refractivity (Wildman–Crippen MR) is 116 cm³/mol. The molecule has 0 radical (unpaired) electrons. The van der Waals surface area contributed by atoms with Crippen LogP contribution in [0, 0.1) is 5.92 Å². The third kappa shape index (κ3) is 7.03. The first-order valence-electron chi connectivity index (χ1n) is 10.7. The molecule has 0 bridgehead atoms. The number of nitrogens with zero attached hydrogens (tertiary/aromatic N) is 2. The van der Waals surface area contributed by atoms with Gasteiger partial charge >= 0.3 is 0 Å². The summed E-state index contributed by atoms with van der Waals surface area (Å²) in [7, 11) is 1.84. The molecule has 0 aromatic carbocycles. The Kier molecular flexibility index (Phi) is 9.56. The van der Waals surface area contributed by atoms with Crippen molar-refractivity contribution in [3.63, 3.8) is 0 Å². The summed E-state index contributed by atoms with van der Waals surface area (Å²) in [5.41, 5.74) is 0. The molecule has 0 aliphatic carbocycles. The number of thiophene rings is 1. The number of aliphatic imine (C=N–C) groups is 1. The van der Waals surface area contributed by atoms with Crippen molar-refractivity contribution in [2.24, 2.45) is 10.9 Å². The van der Waals surface area contributed by atoms with E-state index in [0.717, 1.165) is 64.7 Å². The van der Waals surface area contributed by atoms with E-state index < -0.39 is 0 Å². The van der Waals surface area contributed by atoms with E-state index >= 15 is 0 Å². The molecule has 0 spiro atoms. The lowest BCUT2D eigenvalue weighted by Crippen LogP contribution is -2.42. The van der Waals surface area contributed by atoms with Gasteiger partial charge in [0, 0.05) is 51.4 Å². The molecule has 1 aromatic heterocycles. The monoisotopic (exact) mass is 408 g/mol. The molecule has 3 rings (SSSR count). The Morgan fingerprint density at radius 1 is 1.32 bits per heavy atom. The Morgan fingerprint density at radius 2 is 2.14 bits per heavy atom. The Bertz CT molecular complexity index is 555. The molecule has 7 heteroatoms. The molecule has 2 fully saturated rings. The SMILES string of the molecule is CN=C(NCCCOCC1CCOCC1)NCC(c1cccs1)N1CCCC1. The highest BCUT2D eigenvalue weighted by Gasteiger charge is 2.24. The fraction of sp³-hybridized carbons (Fsp3) is 0.762. The van der Waals surface area contributed by atoms with Gasteiger partial charge in [-0.05, 0) is 62.6 Å². The molecule has 2 N–H and O–H groups in total. The van der Waals surface area contributed by atoms with Crippen LogP contribution in [0.2, 0.25) is 0 Å². The van der Waals surface area contributed by atoms with E-state index in [4.69, 9.17) is 9.47 Å². The Hall–Kier alpha value is -1.15. The van der Waals surface area contributed by atoms with Gasteiger partial charge in [0.05, 0.1) is 6.04 Å². The van der Waals surface area contributed by atoms with Crippen molar-refractivity contribution in [1.29, 1.82) is 0 Å². The first-order chi connectivity index (χ1) is 13.9. The van der Waals surface area contributed by atoms with E-state index in [-0.39, 0.29) is 0 Å². The van der Waals surface area contributed by atoms with Crippen molar-refractivity contribution in [2.45, 2.75) is 38.1 Å². The standard InChI is InChI=1S/C21H36N4O2S/c1-22-21(23-9-5-12-27-17-18-7-13-26-14-8-18)24-16-19(20-6-4-15-28-20)25-10-2-3-11-25/h4,6,15,18-19H,2-3,5,7-14,16-17H2,1H3,(H2,22,23,24). The van der Waals surface area contributed by atoms with Crippen molar-refractivity contribution in [1.82, 2.24) is 15.5 Å². The van der Waals surface area contributed by atoms with E-state index in [1.807, 2.05) is 18.4 Å². The number of hydrogen-bond donors (Lipinski definition) is 2. The van der Waals surface area contributed by atoms with Gasteiger partial charge in [-0.1, -0.05) is 6.07 Å². The number of nitrogens with one attached hydrogen (secondary N) is 2. The van der Waals surface area contributed by atoms with Crippen LogP contribution in [0.5, 0.6) is 0 Å². The summed E-state index contributed by atoms with van der Waals surface area (Å²) in [5, 5.41) is 9.12. The van der Waals surface area contributed by atoms with Gasteiger partial charge < -0.3 is 20.1 Å². The summed E-state index contributed by atoms with van der Waals surface area (Å²) >= 11 is 1.85. The molecule has 2 aliphatic heterocycles. The van der Waals surface area contributed by atoms with Crippen molar-refractivity contribution in [2.75, 3.05) is 59.7 Å². The number of ether oxygens (including phenoxy) is 2. The fourth-order valence-electron chi connectivity index (χ4n) is 3.90. The molecule has 0 amide bonds.